The van der Waals surface area contributed by atoms with Crippen molar-refractivity contribution in [2.45, 2.75) is 44.9 Å². The van der Waals surface area contributed by atoms with Crippen molar-refractivity contribution in [3.05, 3.63) is 23.9 Å². The quantitative estimate of drug-likeness (QED) is 0.821. The minimum absolute atomic E-state index is 0.151. The number of halogens is 2. The van der Waals surface area contributed by atoms with Gasteiger partial charge in [0.1, 0.15) is 4.75 Å². The summed E-state index contributed by atoms with van der Waals surface area (Å²) in [6.07, 6.45) is -0.996. The molecule has 0 aliphatic heterocycles. The molecule has 0 bridgehead atoms. The highest BCUT2D eigenvalue weighted by atomic mass is 32.2. The molecule has 1 heterocycles. The number of aromatic nitrogens is 1. The number of rotatable bonds is 6. The molecule has 1 N–H and O–H groups in total. The Labute approximate surface area is 121 Å². The second-order valence-electron chi connectivity index (χ2n) is 5.35. The van der Waals surface area contributed by atoms with Gasteiger partial charge in [-0.05, 0) is 33.3 Å². The van der Waals surface area contributed by atoms with Crippen LogP contribution in [0, 0.1) is 0 Å². The fraction of sp³-hybridized carbons (Fsp3) is 0.615. The van der Waals surface area contributed by atoms with Crippen molar-refractivity contribution >= 4 is 11.4 Å². The molecule has 4 nitrogen and oxygen atoms in total. The Kier molecular flexibility index (Phi) is 6.16. The van der Waals surface area contributed by atoms with Gasteiger partial charge in [0.25, 0.3) is 6.43 Å². The Balaban J connectivity index is 2.59. The summed E-state index contributed by atoms with van der Waals surface area (Å²) in [5.74, 6) is 0.151. The zero-order chi connectivity index (χ0) is 15.3. The molecule has 1 aromatic heterocycles. The third-order valence-corrected chi connectivity index (χ3v) is 4.14. The normalized spacial score (nSPS) is 15.2. The lowest BCUT2D eigenvalue weighted by Crippen LogP contribution is -2.40. The topological polar surface area (TPSA) is 57.2 Å². The first kappa shape index (κ1) is 17.1. The van der Waals surface area contributed by atoms with Gasteiger partial charge in [0.15, 0.2) is 6.61 Å². The SMILES string of the molecule is CC(N[S+]([O-])C(C)(C)C)c1ccc(OCC(F)F)nc1. The number of hydrogen-bond acceptors (Lipinski definition) is 4. The lowest BCUT2D eigenvalue weighted by molar-refractivity contribution is 0.0796. The Morgan fingerprint density at radius 2 is 2.05 bits per heavy atom. The Morgan fingerprint density at radius 3 is 2.50 bits per heavy atom. The van der Waals surface area contributed by atoms with Crippen molar-refractivity contribution < 1.29 is 18.1 Å². The van der Waals surface area contributed by atoms with Crippen LogP contribution < -0.4 is 9.46 Å². The van der Waals surface area contributed by atoms with E-state index >= 15 is 0 Å². The summed E-state index contributed by atoms with van der Waals surface area (Å²) in [5.41, 5.74) is 0.812. The van der Waals surface area contributed by atoms with E-state index in [2.05, 4.69) is 9.71 Å². The Bertz CT molecular complexity index is 410. The van der Waals surface area contributed by atoms with Gasteiger partial charge in [0, 0.05) is 23.6 Å². The van der Waals surface area contributed by atoms with Gasteiger partial charge in [-0.2, -0.15) is 0 Å². The minimum atomic E-state index is -2.52. The molecular weight excluding hydrogens is 286 g/mol. The van der Waals surface area contributed by atoms with E-state index in [-0.39, 0.29) is 16.7 Å². The first-order valence-corrected chi connectivity index (χ1v) is 7.40. The summed E-state index contributed by atoms with van der Waals surface area (Å²) in [4.78, 5) is 3.95. The monoisotopic (exact) mass is 306 g/mol. The fourth-order valence-electron chi connectivity index (χ4n) is 1.29. The van der Waals surface area contributed by atoms with Crippen molar-refractivity contribution in [2.75, 3.05) is 6.61 Å². The molecule has 0 saturated carbocycles. The lowest BCUT2D eigenvalue weighted by Gasteiger charge is -2.26. The molecule has 1 rings (SSSR count). The van der Waals surface area contributed by atoms with Crippen molar-refractivity contribution in [1.29, 1.82) is 0 Å². The highest BCUT2D eigenvalue weighted by Gasteiger charge is 2.28. The smallest absolute Gasteiger partial charge is 0.272 e. The molecule has 0 radical (unpaired) electrons. The van der Waals surface area contributed by atoms with E-state index in [4.69, 9.17) is 4.74 Å². The highest BCUT2D eigenvalue weighted by molar-refractivity contribution is 7.90. The second-order valence-corrected chi connectivity index (χ2v) is 7.35. The molecule has 114 valence electrons. The van der Waals surface area contributed by atoms with Gasteiger partial charge in [0.05, 0.1) is 6.04 Å². The zero-order valence-corrected chi connectivity index (χ0v) is 12.8. The van der Waals surface area contributed by atoms with Gasteiger partial charge in [-0.15, -0.1) is 4.72 Å². The predicted octanol–water partition coefficient (Wildman–Crippen LogP) is 2.84. The number of nitrogens with zero attached hydrogens (tertiary/aromatic N) is 1. The third kappa shape index (κ3) is 5.60. The molecule has 7 heteroatoms. The maximum atomic E-state index is 12.0. The van der Waals surface area contributed by atoms with Crippen LogP contribution in [0.5, 0.6) is 5.88 Å². The number of ether oxygens (including phenoxy) is 1. The zero-order valence-electron chi connectivity index (χ0n) is 12.0. The fourth-order valence-corrected chi connectivity index (χ4v) is 2.10. The van der Waals surface area contributed by atoms with Gasteiger partial charge in [-0.25, -0.2) is 13.8 Å². The minimum Gasteiger partial charge on any atom is -0.598 e. The molecule has 20 heavy (non-hydrogen) atoms. The van der Waals surface area contributed by atoms with Crippen molar-refractivity contribution in [2.24, 2.45) is 0 Å². The van der Waals surface area contributed by atoms with Gasteiger partial charge in [-0.3, -0.25) is 0 Å². The first-order valence-electron chi connectivity index (χ1n) is 6.25. The molecule has 0 aliphatic rings. The summed E-state index contributed by atoms with van der Waals surface area (Å²) >= 11 is -1.19. The molecule has 1 aromatic rings. The largest absolute Gasteiger partial charge is 0.598 e. The highest BCUT2D eigenvalue weighted by Crippen LogP contribution is 2.20. The summed E-state index contributed by atoms with van der Waals surface area (Å²) < 4.78 is 43.4. The molecule has 0 aliphatic carbocycles. The lowest BCUT2D eigenvalue weighted by atomic mass is 10.2. The number of alkyl halides is 2. The standard InChI is InChI=1S/C13H20F2N2O2S/c1-9(17-20(18)13(2,3)4)10-5-6-12(16-7-10)19-8-11(14)15/h5-7,9,11,17H,8H2,1-4H3. The van der Waals surface area contributed by atoms with Gasteiger partial charge in [-0.1, -0.05) is 6.07 Å². The van der Waals surface area contributed by atoms with E-state index in [0.717, 1.165) is 5.56 Å². The van der Waals surface area contributed by atoms with E-state index in [9.17, 15) is 13.3 Å². The maximum absolute atomic E-state index is 12.0. The van der Waals surface area contributed by atoms with Crippen LogP contribution in [0.25, 0.3) is 0 Å². The van der Waals surface area contributed by atoms with Crippen LogP contribution in [-0.4, -0.2) is 27.3 Å². The van der Waals surface area contributed by atoms with Crippen LogP contribution in [-0.2, 0) is 11.4 Å². The summed E-state index contributed by atoms with van der Waals surface area (Å²) in [5, 5.41) is 0. The number of pyridine rings is 1. The Hall–Kier alpha value is -0.920. The molecule has 2 unspecified atom stereocenters. The van der Waals surface area contributed by atoms with Gasteiger partial charge < -0.3 is 9.29 Å². The molecule has 0 amide bonds. The van der Waals surface area contributed by atoms with Crippen LogP contribution in [0.15, 0.2) is 18.3 Å². The molecule has 2 atom stereocenters. The number of nitrogens with one attached hydrogen (secondary N) is 1. The van der Waals surface area contributed by atoms with Crippen molar-refractivity contribution in [1.82, 2.24) is 9.71 Å². The van der Waals surface area contributed by atoms with Crippen LogP contribution in [0.2, 0.25) is 0 Å². The van der Waals surface area contributed by atoms with E-state index in [1.54, 1.807) is 6.07 Å². The second kappa shape index (κ2) is 7.19. The van der Waals surface area contributed by atoms with E-state index in [1.807, 2.05) is 27.7 Å². The van der Waals surface area contributed by atoms with Crippen molar-refractivity contribution in [3.8, 4) is 5.88 Å². The van der Waals surface area contributed by atoms with Crippen LogP contribution >= 0.6 is 0 Å². The van der Waals surface area contributed by atoms with E-state index < -0.39 is 24.4 Å². The number of hydrogen-bond donors (Lipinski definition) is 1. The molecule has 0 fully saturated rings. The maximum Gasteiger partial charge on any atom is 0.272 e. The first-order chi connectivity index (χ1) is 9.20. The van der Waals surface area contributed by atoms with E-state index in [0.29, 0.717) is 0 Å². The molecule has 0 spiro atoms. The van der Waals surface area contributed by atoms with E-state index in [1.165, 1.54) is 12.3 Å². The predicted molar refractivity (Wildman–Crippen MR) is 75.2 cm³/mol. The molecule has 0 saturated heterocycles. The summed E-state index contributed by atoms with van der Waals surface area (Å²) in [7, 11) is 0. The van der Waals surface area contributed by atoms with Crippen LogP contribution in [0.1, 0.15) is 39.3 Å². The van der Waals surface area contributed by atoms with Crippen molar-refractivity contribution in [3.63, 3.8) is 0 Å². The molecular formula is C13H20F2N2O2S. The summed E-state index contributed by atoms with van der Waals surface area (Å²) in [6.45, 7) is 6.82. The average Bonchev–Trinajstić information content (AvgIpc) is 2.35. The average molecular weight is 306 g/mol. The van der Waals surface area contributed by atoms with Gasteiger partial charge in [0.2, 0.25) is 5.88 Å². The molecule has 0 aromatic carbocycles. The van der Waals surface area contributed by atoms with Crippen LogP contribution in [0.4, 0.5) is 8.78 Å². The summed E-state index contributed by atoms with van der Waals surface area (Å²) in [6, 6.07) is 3.08. The van der Waals surface area contributed by atoms with Crippen LogP contribution in [0.3, 0.4) is 0 Å². The Morgan fingerprint density at radius 1 is 1.40 bits per heavy atom. The third-order valence-electron chi connectivity index (χ3n) is 2.46. The van der Waals surface area contributed by atoms with Gasteiger partial charge >= 0.3 is 0 Å².